The number of hydrogen-bond acceptors (Lipinski definition) is 7. The lowest BCUT2D eigenvalue weighted by Gasteiger charge is -2.19. The summed E-state index contributed by atoms with van der Waals surface area (Å²) in [7, 11) is 1.34. The van der Waals surface area contributed by atoms with Crippen LogP contribution in [0.1, 0.15) is 31.0 Å². The molecule has 0 radical (unpaired) electrons. The normalized spacial score (nSPS) is 12.7. The van der Waals surface area contributed by atoms with E-state index in [2.05, 4.69) is 22.5 Å². The number of aliphatic hydroxyl groups is 1. The van der Waals surface area contributed by atoms with E-state index in [4.69, 9.17) is 9.47 Å². The van der Waals surface area contributed by atoms with Gasteiger partial charge in [0.15, 0.2) is 0 Å². The fourth-order valence-corrected chi connectivity index (χ4v) is 3.05. The summed E-state index contributed by atoms with van der Waals surface area (Å²) in [6.07, 6.45) is 4.86. The second-order valence-corrected chi connectivity index (χ2v) is 7.21. The van der Waals surface area contributed by atoms with Crippen LogP contribution in [-0.4, -0.2) is 59.1 Å². The Balaban J connectivity index is 1.78. The van der Waals surface area contributed by atoms with Crippen LogP contribution in [0.3, 0.4) is 0 Å². The van der Waals surface area contributed by atoms with Gasteiger partial charge in [-0.2, -0.15) is 0 Å². The minimum atomic E-state index is -0.603. The SMILES string of the molecule is CCCn1cnc(C[C@H](NCC[C@@H](CO)NC(=O)OCc2ccccc2)C(=O)OC)c1. The van der Waals surface area contributed by atoms with Crippen LogP contribution in [0.15, 0.2) is 42.9 Å². The molecule has 0 spiro atoms. The van der Waals surface area contributed by atoms with E-state index in [0.29, 0.717) is 19.4 Å². The highest BCUT2D eigenvalue weighted by Crippen LogP contribution is 2.05. The summed E-state index contributed by atoms with van der Waals surface area (Å²) in [6, 6.07) is 8.27. The molecule has 1 heterocycles. The molecule has 2 atom stereocenters. The van der Waals surface area contributed by atoms with Crippen LogP contribution in [0.2, 0.25) is 0 Å². The third kappa shape index (κ3) is 8.77. The third-order valence-corrected chi connectivity index (χ3v) is 4.71. The summed E-state index contributed by atoms with van der Waals surface area (Å²) in [6.45, 7) is 3.25. The third-order valence-electron chi connectivity index (χ3n) is 4.71. The van der Waals surface area contributed by atoms with Crippen molar-refractivity contribution in [3.8, 4) is 0 Å². The van der Waals surface area contributed by atoms with E-state index in [0.717, 1.165) is 24.2 Å². The van der Waals surface area contributed by atoms with Gasteiger partial charge in [-0.05, 0) is 24.9 Å². The summed E-state index contributed by atoms with van der Waals surface area (Å²) in [4.78, 5) is 28.5. The molecule has 1 amide bonds. The van der Waals surface area contributed by atoms with E-state index in [9.17, 15) is 14.7 Å². The number of esters is 1. The van der Waals surface area contributed by atoms with Crippen LogP contribution < -0.4 is 10.6 Å². The zero-order valence-corrected chi connectivity index (χ0v) is 18.1. The number of alkyl carbamates (subject to hydrolysis) is 1. The predicted molar refractivity (Wildman–Crippen MR) is 115 cm³/mol. The van der Waals surface area contributed by atoms with Gasteiger partial charge < -0.3 is 29.8 Å². The molecule has 0 unspecified atom stereocenters. The standard InChI is InChI=1S/C22H32N4O5/c1-3-11-26-13-19(24-16-26)12-20(21(28)30-2)23-10-9-18(14-27)25-22(29)31-15-17-7-5-4-6-8-17/h4-8,13,16,18,20,23,27H,3,9-12,14-15H2,1-2H3,(H,25,29)/t18-,20-/m0/s1. The number of nitrogens with one attached hydrogen (secondary N) is 2. The first-order chi connectivity index (χ1) is 15.0. The van der Waals surface area contributed by atoms with Gasteiger partial charge in [0.1, 0.15) is 12.6 Å². The average Bonchev–Trinajstić information content (AvgIpc) is 3.23. The van der Waals surface area contributed by atoms with Gasteiger partial charge in [-0.1, -0.05) is 37.3 Å². The van der Waals surface area contributed by atoms with E-state index in [-0.39, 0.29) is 19.2 Å². The Kier molecular flexibility index (Phi) is 10.5. The molecule has 170 valence electrons. The quantitative estimate of drug-likeness (QED) is 0.412. The molecule has 0 saturated heterocycles. The molecule has 3 N–H and O–H groups in total. The minimum absolute atomic E-state index is 0.151. The molecule has 31 heavy (non-hydrogen) atoms. The van der Waals surface area contributed by atoms with Gasteiger partial charge in [-0.15, -0.1) is 0 Å². The van der Waals surface area contributed by atoms with Gasteiger partial charge in [0, 0.05) is 19.2 Å². The topological polar surface area (TPSA) is 115 Å². The number of benzene rings is 1. The van der Waals surface area contributed by atoms with Crippen LogP contribution in [0.4, 0.5) is 4.79 Å². The van der Waals surface area contributed by atoms with Crippen LogP contribution >= 0.6 is 0 Å². The number of aliphatic hydroxyl groups excluding tert-OH is 1. The Morgan fingerprint density at radius 3 is 2.71 bits per heavy atom. The number of hydrogen-bond donors (Lipinski definition) is 3. The van der Waals surface area contributed by atoms with Crippen molar-refractivity contribution in [3.63, 3.8) is 0 Å². The van der Waals surface area contributed by atoms with Crippen molar-refractivity contribution in [2.75, 3.05) is 20.3 Å². The van der Waals surface area contributed by atoms with Gasteiger partial charge in [0.2, 0.25) is 0 Å². The van der Waals surface area contributed by atoms with Crippen molar-refractivity contribution in [1.82, 2.24) is 20.2 Å². The number of aromatic nitrogens is 2. The van der Waals surface area contributed by atoms with E-state index in [1.165, 1.54) is 7.11 Å². The lowest BCUT2D eigenvalue weighted by molar-refractivity contribution is -0.143. The number of aryl methyl sites for hydroxylation is 1. The first-order valence-electron chi connectivity index (χ1n) is 10.5. The van der Waals surface area contributed by atoms with Crippen molar-refractivity contribution in [2.45, 2.75) is 51.4 Å². The molecule has 9 heteroatoms. The average molecular weight is 433 g/mol. The molecule has 0 aliphatic heterocycles. The highest BCUT2D eigenvalue weighted by atomic mass is 16.5. The second kappa shape index (κ2) is 13.4. The molecule has 0 aliphatic rings. The first kappa shape index (κ1) is 24.4. The largest absolute Gasteiger partial charge is 0.468 e. The maximum absolute atomic E-state index is 12.1. The number of carbonyl (C=O) groups excluding carboxylic acids is 2. The summed E-state index contributed by atoms with van der Waals surface area (Å²) in [5, 5.41) is 15.3. The lowest BCUT2D eigenvalue weighted by Crippen LogP contribution is -2.44. The van der Waals surface area contributed by atoms with Crippen LogP contribution in [-0.2, 0) is 33.8 Å². The maximum Gasteiger partial charge on any atom is 0.407 e. The number of carbonyl (C=O) groups is 2. The smallest absolute Gasteiger partial charge is 0.407 e. The molecule has 1 aromatic carbocycles. The van der Waals surface area contributed by atoms with E-state index in [1.54, 1.807) is 6.33 Å². The van der Waals surface area contributed by atoms with Crippen molar-refractivity contribution in [1.29, 1.82) is 0 Å². The monoisotopic (exact) mass is 432 g/mol. The maximum atomic E-state index is 12.1. The molecule has 9 nitrogen and oxygen atoms in total. The predicted octanol–water partition coefficient (Wildman–Crippen LogP) is 1.64. The second-order valence-electron chi connectivity index (χ2n) is 7.21. The number of ether oxygens (including phenoxy) is 2. The lowest BCUT2D eigenvalue weighted by atomic mass is 10.1. The first-order valence-corrected chi connectivity index (χ1v) is 10.5. The van der Waals surface area contributed by atoms with Gasteiger partial charge in [-0.25, -0.2) is 9.78 Å². The fraction of sp³-hybridized carbons (Fsp3) is 0.500. The summed E-state index contributed by atoms with van der Waals surface area (Å²) in [5.41, 5.74) is 1.67. The molecule has 0 aliphatic carbocycles. The molecule has 2 rings (SSSR count). The Morgan fingerprint density at radius 2 is 2.03 bits per heavy atom. The highest BCUT2D eigenvalue weighted by molar-refractivity contribution is 5.76. The van der Waals surface area contributed by atoms with Gasteiger partial charge in [0.05, 0.1) is 31.8 Å². The number of rotatable bonds is 13. The molecule has 0 bridgehead atoms. The highest BCUT2D eigenvalue weighted by Gasteiger charge is 2.21. The molecule has 2 aromatic rings. The molecule has 1 aromatic heterocycles. The molecular weight excluding hydrogens is 400 g/mol. The Labute approximate surface area is 182 Å². The Bertz CT molecular complexity index is 796. The number of nitrogens with zero attached hydrogens (tertiary/aromatic N) is 2. The zero-order valence-electron chi connectivity index (χ0n) is 18.1. The minimum Gasteiger partial charge on any atom is -0.468 e. The van der Waals surface area contributed by atoms with Crippen LogP contribution in [0.25, 0.3) is 0 Å². The van der Waals surface area contributed by atoms with Crippen molar-refractivity contribution in [2.24, 2.45) is 0 Å². The summed E-state index contributed by atoms with van der Waals surface area (Å²) < 4.78 is 12.0. The zero-order chi connectivity index (χ0) is 22.5. The number of amides is 1. The van der Waals surface area contributed by atoms with Crippen molar-refractivity contribution >= 4 is 12.1 Å². The van der Waals surface area contributed by atoms with Crippen molar-refractivity contribution < 1.29 is 24.2 Å². The molecule has 0 fully saturated rings. The van der Waals surface area contributed by atoms with E-state index >= 15 is 0 Å². The van der Waals surface area contributed by atoms with Crippen LogP contribution in [0, 0.1) is 0 Å². The van der Waals surface area contributed by atoms with Crippen LogP contribution in [0.5, 0.6) is 0 Å². The Hall–Kier alpha value is -2.91. The van der Waals surface area contributed by atoms with E-state index in [1.807, 2.05) is 41.1 Å². The molecule has 0 saturated carbocycles. The fourth-order valence-electron chi connectivity index (χ4n) is 3.05. The van der Waals surface area contributed by atoms with E-state index < -0.39 is 18.2 Å². The van der Waals surface area contributed by atoms with Gasteiger partial charge in [-0.3, -0.25) is 4.79 Å². The number of imidazole rings is 1. The molecular formula is C22H32N4O5. The summed E-state index contributed by atoms with van der Waals surface area (Å²) >= 11 is 0. The van der Waals surface area contributed by atoms with Crippen molar-refractivity contribution in [3.05, 3.63) is 54.1 Å². The number of methoxy groups -OCH3 is 1. The summed E-state index contributed by atoms with van der Waals surface area (Å²) in [5.74, 6) is -0.388. The van der Waals surface area contributed by atoms with Gasteiger partial charge in [0.25, 0.3) is 0 Å². The Morgan fingerprint density at radius 1 is 1.26 bits per heavy atom. The van der Waals surface area contributed by atoms with Gasteiger partial charge >= 0.3 is 12.1 Å².